The predicted octanol–water partition coefficient (Wildman–Crippen LogP) is 2.96. The van der Waals surface area contributed by atoms with E-state index in [2.05, 4.69) is 11.6 Å². The van der Waals surface area contributed by atoms with Gasteiger partial charge in [-0.25, -0.2) is 9.79 Å². The molecular formula is C26H20ClN3O4S. The van der Waals surface area contributed by atoms with Crippen molar-refractivity contribution in [1.82, 2.24) is 4.57 Å². The van der Waals surface area contributed by atoms with E-state index < -0.39 is 17.6 Å². The number of fused-ring (bicyclic) bond motifs is 2. The lowest BCUT2D eigenvalue weighted by Gasteiger charge is -2.24. The third-order valence-electron chi connectivity index (χ3n) is 6.05. The minimum atomic E-state index is -0.777. The Labute approximate surface area is 209 Å². The van der Waals surface area contributed by atoms with Crippen molar-refractivity contribution in [2.24, 2.45) is 4.99 Å². The summed E-state index contributed by atoms with van der Waals surface area (Å²) in [6, 6.07) is 13.5. The molecule has 1 amide bonds. The Morgan fingerprint density at radius 1 is 1.20 bits per heavy atom. The number of hydrogen-bond donors (Lipinski definition) is 0. The lowest BCUT2D eigenvalue weighted by molar-refractivity contribution is -0.136. The van der Waals surface area contributed by atoms with E-state index in [1.165, 1.54) is 11.7 Å². The quantitative estimate of drug-likeness (QED) is 0.403. The van der Waals surface area contributed by atoms with Crippen LogP contribution in [0.25, 0.3) is 5.57 Å². The van der Waals surface area contributed by atoms with Crippen molar-refractivity contribution in [3.63, 3.8) is 0 Å². The molecule has 9 heteroatoms. The van der Waals surface area contributed by atoms with E-state index in [1.54, 1.807) is 42.2 Å². The highest BCUT2D eigenvalue weighted by atomic mass is 35.5. The molecule has 2 aliphatic heterocycles. The van der Waals surface area contributed by atoms with Crippen LogP contribution in [0.3, 0.4) is 0 Å². The number of nitrogens with zero attached hydrogens (tertiary/aromatic N) is 3. The zero-order valence-corrected chi connectivity index (χ0v) is 20.5. The van der Waals surface area contributed by atoms with Gasteiger partial charge in [0.1, 0.15) is 4.53 Å². The van der Waals surface area contributed by atoms with E-state index in [4.69, 9.17) is 16.3 Å². The minimum absolute atomic E-state index is 0.255. The standard InChI is InChI=1S/C26H20ClN3O4S/c1-4-13-29-18-8-6-5-7-17(18)20(23(29)31)22-24(32)30-21(15-9-11-16(27)12-10-15)19(25(33)34-3)14(2)28-26(30)35-22/h4-12,21H,1,13H2,2-3H3/b22-20-/t21-/m1/s1. The molecule has 1 aromatic heterocycles. The number of amides is 1. The lowest BCUT2D eigenvalue weighted by Crippen LogP contribution is -2.40. The highest BCUT2D eigenvalue weighted by molar-refractivity contribution is 7.07. The number of hydrogen-bond acceptors (Lipinski definition) is 6. The number of rotatable bonds is 4. The highest BCUT2D eigenvalue weighted by Crippen LogP contribution is 2.35. The van der Waals surface area contributed by atoms with Crippen LogP contribution in [0.1, 0.15) is 24.1 Å². The number of benzene rings is 2. The van der Waals surface area contributed by atoms with Gasteiger partial charge in [0.05, 0.1) is 35.7 Å². The van der Waals surface area contributed by atoms with Crippen molar-refractivity contribution in [2.75, 3.05) is 18.6 Å². The molecule has 3 heterocycles. The van der Waals surface area contributed by atoms with Crippen LogP contribution in [0.2, 0.25) is 5.02 Å². The molecule has 0 unspecified atom stereocenters. The maximum atomic E-state index is 13.9. The van der Waals surface area contributed by atoms with Gasteiger partial charge in [-0.05, 0) is 30.7 Å². The fraction of sp³-hybridized carbons (Fsp3) is 0.154. The summed E-state index contributed by atoms with van der Waals surface area (Å²) in [6.07, 6.45) is 1.64. The predicted molar refractivity (Wildman–Crippen MR) is 135 cm³/mol. The van der Waals surface area contributed by atoms with Crippen molar-refractivity contribution < 1.29 is 14.3 Å². The summed E-state index contributed by atoms with van der Waals surface area (Å²) in [5.74, 6) is -0.855. The Hall–Kier alpha value is -3.75. The Morgan fingerprint density at radius 3 is 2.60 bits per heavy atom. The summed E-state index contributed by atoms with van der Waals surface area (Å²) >= 11 is 7.22. The first-order valence-electron chi connectivity index (χ1n) is 10.8. The second kappa shape index (κ2) is 8.79. The van der Waals surface area contributed by atoms with E-state index >= 15 is 0 Å². The molecule has 2 aliphatic rings. The smallest absolute Gasteiger partial charge is 0.338 e. The van der Waals surface area contributed by atoms with Crippen LogP contribution in [0.5, 0.6) is 0 Å². The normalized spacial score (nSPS) is 18.2. The van der Waals surface area contributed by atoms with Crippen molar-refractivity contribution in [1.29, 1.82) is 0 Å². The van der Waals surface area contributed by atoms with Gasteiger partial charge in [-0.3, -0.25) is 14.2 Å². The summed E-state index contributed by atoms with van der Waals surface area (Å²) in [4.78, 5) is 46.7. The van der Waals surface area contributed by atoms with Gasteiger partial charge in [-0.2, -0.15) is 0 Å². The average Bonchev–Trinajstić information content (AvgIpc) is 3.31. The fourth-order valence-electron chi connectivity index (χ4n) is 4.51. The molecule has 0 radical (unpaired) electrons. The zero-order valence-electron chi connectivity index (χ0n) is 18.9. The number of para-hydroxylation sites is 1. The van der Waals surface area contributed by atoms with Crippen LogP contribution in [0.4, 0.5) is 5.69 Å². The molecule has 7 nitrogen and oxygen atoms in total. The number of esters is 1. The Kier molecular flexibility index (Phi) is 5.78. The van der Waals surface area contributed by atoms with E-state index in [0.717, 1.165) is 17.0 Å². The summed E-state index contributed by atoms with van der Waals surface area (Å²) in [5.41, 5.74) is 2.69. The van der Waals surface area contributed by atoms with Crippen LogP contribution in [0.15, 0.2) is 82.2 Å². The average molecular weight is 506 g/mol. The van der Waals surface area contributed by atoms with Crippen LogP contribution in [-0.2, 0) is 14.3 Å². The molecule has 35 heavy (non-hydrogen) atoms. The molecule has 5 rings (SSSR count). The zero-order chi connectivity index (χ0) is 24.9. The molecule has 0 N–H and O–H groups in total. The maximum absolute atomic E-state index is 13.9. The molecule has 2 aromatic carbocycles. The van der Waals surface area contributed by atoms with Gasteiger partial charge in [0.2, 0.25) is 0 Å². The number of thiazole rings is 1. The largest absolute Gasteiger partial charge is 0.466 e. The van der Waals surface area contributed by atoms with E-state index in [9.17, 15) is 14.4 Å². The molecule has 0 saturated carbocycles. The molecule has 0 bridgehead atoms. The monoisotopic (exact) mass is 505 g/mol. The topological polar surface area (TPSA) is 81.0 Å². The van der Waals surface area contributed by atoms with Gasteiger partial charge in [0.15, 0.2) is 4.80 Å². The number of methoxy groups -OCH3 is 1. The number of anilines is 1. The van der Waals surface area contributed by atoms with Gasteiger partial charge < -0.3 is 9.64 Å². The van der Waals surface area contributed by atoms with Crippen molar-refractivity contribution in [3.8, 4) is 0 Å². The molecule has 0 spiro atoms. The van der Waals surface area contributed by atoms with Gasteiger partial charge in [0, 0.05) is 17.1 Å². The Bertz CT molecular complexity index is 1620. The van der Waals surface area contributed by atoms with Crippen molar-refractivity contribution >= 4 is 46.1 Å². The van der Waals surface area contributed by atoms with E-state index in [0.29, 0.717) is 38.8 Å². The number of ether oxygens (including phenoxy) is 1. The summed E-state index contributed by atoms with van der Waals surface area (Å²) in [7, 11) is 1.29. The van der Waals surface area contributed by atoms with Crippen LogP contribution >= 0.6 is 22.9 Å². The van der Waals surface area contributed by atoms with Gasteiger partial charge in [-0.1, -0.05) is 59.3 Å². The second-order valence-electron chi connectivity index (χ2n) is 8.04. The molecule has 0 aliphatic carbocycles. The maximum Gasteiger partial charge on any atom is 0.338 e. The SMILES string of the molecule is C=CCN1C(=O)/C(=c2\sc3n(c2=O)[C@H](c2ccc(Cl)cc2)C(C(=O)OC)=C(C)N=3)c2ccccc21. The highest BCUT2D eigenvalue weighted by Gasteiger charge is 2.36. The molecule has 1 atom stereocenters. The summed E-state index contributed by atoms with van der Waals surface area (Å²) in [5, 5.41) is 0.527. The first-order valence-corrected chi connectivity index (χ1v) is 12.0. The first-order chi connectivity index (χ1) is 16.9. The van der Waals surface area contributed by atoms with Crippen LogP contribution in [0, 0.1) is 0 Å². The summed E-state index contributed by atoms with van der Waals surface area (Å²) in [6.45, 7) is 5.77. The molecule has 176 valence electrons. The molecule has 0 saturated heterocycles. The first kappa shape index (κ1) is 23.0. The molecule has 0 fully saturated rings. The van der Waals surface area contributed by atoms with Crippen LogP contribution in [-0.4, -0.2) is 30.1 Å². The number of allylic oxidation sites excluding steroid dienone is 1. The van der Waals surface area contributed by atoms with Gasteiger partial charge in [-0.15, -0.1) is 6.58 Å². The third-order valence-corrected chi connectivity index (χ3v) is 7.36. The summed E-state index contributed by atoms with van der Waals surface area (Å²) < 4.78 is 6.76. The number of carbonyl (C=O) groups is 2. The van der Waals surface area contributed by atoms with E-state index in [-0.39, 0.29) is 16.0 Å². The number of halogens is 1. The van der Waals surface area contributed by atoms with Gasteiger partial charge >= 0.3 is 5.97 Å². The van der Waals surface area contributed by atoms with Crippen molar-refractivity contribution in [2.45, 2.75) is 13.0 Å². The fourth-order valence-corrected chi connectivity index (χ4v) is 5.78. The molecular weight excluding hydrogens is 486 g/mol. The van der Waals surface area contributed by atoms with Gasteiger partial charge in [0.25, 0.3) is 11.5 Å². The second-order valence-corrected chi connectivity index (χ2v) is 9.46. The van der Waals surface area contributed by atoms with Crippen LogP contribution < -0.4 is 19.8 Å². The van der Waals surface area contributed by atoms with E-state index in [1.807, 2.05) is 24.3 Å². The van der Waals surface area contributed by atoms with Crippen molar-refractivity contribution in [3.05, 3.63) is 108 Å². The Morgan fingerprint density at radius 2 is 1.91 bits per heavy atom. The number of carbonyl (C=O) groups excluding carboxylic acids is 2. The Balaban J connectivity index is 1.83. The lowest BCUT2D eigenvalue weighted by atomic mass is 9.96. The number of aromatic nitrogens is 1. The minimum Gasteiger partial charge on any atom is -0.466 e. The third kappa shape index (κ3) is 3.57. The molecule has 3 aromatic rings.